The Kier molecular flexibility index (Phi) is 2.92. The van der Waals surface area contributed by atoms with Crippen molar-refractivity contribution in [2.45, 2.75) is 0 Å². The van der Waals surface area contributed by atoms with E-state index in [1.807, 2.05) is 0 Å². The first-order valence-corrected chi connectivity index (χ1v) is 5.37. The molecule has 16 heavy (non-hydrogen) atoms. The van der Waals surface area contributed by atoms with Crippen LogP contribution in [0.5, 0.6) is 0 Å². The van der Waals surface area contributed by atoms with Gasteiger partial charge < -0.3 is 5.73 Å². The van der Waals surface area contributed by atoms with Crippen LogP contribution in [0, 0.1) is 11.6 Å². The fourth-order valence-electron chi connectivity index (χ4n) is 1.45. The normalized spacial score (nSPS) is 10.4. The highest BCUT2D eigenvalue weighted by atomic mass is 79.9. The summed E-state index contributed by atoms with van der Waals surface area (Å²) in [6.45, 7) is 0. The molecule has 4 heteroatoms. The highest BCUT2D eigenvalue weighted by Crippen LogP contribution is 2.29. The topological polar surface area (TPSA) is 26.0 Å². The molecule has 0 unspecified atom stereocenters. The number of benzene rings is 2. The van der Waals surface area contributed by atoms with E-state index in [-0.39, 0.29) is 11.1 Å². The Bertz CT molecular complexity index is 491. The van der Waals surface area contributed by atoms with Crippen molar-refractivity contribution in [2.75, 3.05) is 5.73 Å². The molecule has 82 valence electrons. The molecule has 0 radical (unpaired) electrons. The van der Waals surface area contributed by atoms with Crippen LogP contribution in [0.15, 0.2) is 40.9 Å². The van der Waals surface area contributed by atoms with E-state index in [1.54, 1.807) is 6.07 Å². The summed E-state index contributed by atoms with van der Waals surface area (Å²) in [7, 11) is 0. The largest absolute Gasteiger partial charge is 0.399 e. The SMILES string of the molecule is Nc1ccc(F)c(-c2cc(Br)ccc2F)c1. The quantitative estimate of drug-likeness (QED) is 0.788. The Labute approximate surface area is 100 Å². The van der Waals surface area contributed by atoms with Gasteiger partial charge in [-0.25, -0.2) is 8.78 Å². The van der Waals surface area contributed by atoms with Gasteiger partial charge in [0, 0.05) is 21.3 Å². The molecular formula is C12H8BrF2N. The first-order valence-electron chi connectivity index (χ1n) is 4.58. The van der Waals surface area contributed by atoms with Crippen LogP contribution in [0.2, 0.25) is 0 Å². The van der Waals surface area contributed by atoms with Crippen molar-refractivity contribution >= 4 is 21.6 Å². The van der Waals surface area contributed by atoms with Crippen molar-refractivity contribution in [3.8, 4) is 11.1 Å². The second-order valence-corrected chi connectivity index (χ2v) is 4.28. The van der Waals surface area contributed by atoms with Gasteiger partial charge in [0.25, 0.3) is 0 Å². The molecule has 0 spiro atoms. The van der Waals surface area contributed by atoms with Crippen LogP contribution in [0.3, 0.4) is 0 Å². The molecule has 2 rings (SSSR count). The summed E-state index contributed by atoms with van der Waals surface area (Å²) >= 11 is 3.22. The van der Waals surface area contributed by atoms with Crippen molar-refractivity contribution in [2.24, 2.45) is 0 Å². The predicted molar refractivity (Wildman–Crippen MR) is 63.9 cm³/mol. The molecule has 0 aliphatic rings. The number of nitrogen functional groups attached to an aromatic ring is 1. The summed E-state index contributed by atoms with van der Waals surface area (Å²) in [6, 6.07) is 8.44. The van der Waals surface area contributed by atoms with Crippen LogP contribution in [0.4, 0.5) is 14.5 Å². The van der Waals surface area contributed by atoms with E-state index < -0.39 is 11.6 Å². The van der Waals surface area contributed by atoms with Gasteiger partial charge in [-0.15, -0.1) is 0 Å². The van der Waals surface area contributed by atoms with Gasteiger partial charge in [-0.05, 0) is 36.4 Å². The minimum atomic E-state index is -0.494. The molecule has 0 heterocycles. The number of hydrogen-bond donors (Lipinski definition) is 1. The fourth-order valence-corrected chi connectivity index (χ4v) is 1.81. The van der Waals surface area contributed by atoms with Gasteiger partial charge in [-0.1, -0.05) is 15.9 Å². The zero-order valence-corrected chi connectivity index (χ0v) is 9.76. The Morgan fingerprint density at radius 3 is 2.12 bits per heavy atom. The third-order valence-corrected chi connectivity index (χ3v) is 2.70. The fraction of sp³-hybridized carbons (Fsp3) is 0. The van der Waals surface area contributed by atoms with Crippen LogP contribution >= 0.6 is 15.9 Å². The van der Waals surface area contributed by atoms with E-state index in [1.165, 1.54) is 30.3 Å². The van der Waals surface area contributed by atoms with E-state index in [4.69, 9.17) is 5.73 Å². The minimum Gasteiger partial charge on any atom is -0.399 e. The van der Waals surface area contributed by atoms with Gasteiger partial charge in [0.2, 0.25) is 0 Å². The van der Waals surface area contributed by atoms with E-state index in [9.17, 15) is 8.78 Å². The maximum absolute atomic E-state index is 13.5. The molecule has 0 aromatic heterocycles. The third kappa shape index (κ3) is 2.07. The first kappa shape index (κ1) is 11.1. The van der Waals surface area contributed by atoms with Gasteiger partial charge in [-0.3, -0.25) is 0 Å². The molecule has 0 aliphatic heterocycles. The monoisotopic (exact) mass is 283 g/mol. The van der Waals surface area contributed by atoms with Crippen molar-refractivity contribution < 1.29 is 8.78 Å². The van der Waals surface area contributed by atoms with Crippen LogP contribution in [0.1, 0.15) is 0 Å². The maximum Gasteiger partial charge on any atom is 0.131 e. The lowest BCUT2D eigenvalue weighted by Crippen LogP contribution is -1.92. The summed E-state index contributed by atoms with van der Waals surface area (Å²) in [6.07, 6.45) is 0. The van der Waals surface area contributed by atoms with Gasteiger partial charge in [-0.2, -0.15) is 0 Å². The van der Waals surface area contributed by atoms with Crippen LogP contribution < -0.4 is 5.73 Å². The molecule has 0 atom stereocenters. The van der Waals surface area contributed by atoms with Gasteiger partial charge in [0.15, 0.2) is 0 Å². The molecule has 2 aromatic rings. The van der Waals surface area contributed by atoms with Crippen LogP contribution in [-0.4, -0.2) is 0 Å². The molecule has 0 bridgehead atoms. The molecule has 0 aliphatic carbocycles. The Morgan fingerprint density at radius 2 is 1.44 bits per heavy atom. The second kappa shape index (κ2) is 4.22. The predicted octanol–water partition coefficient (Wildman–Crippen LogP) is 3.98. The van der Waals surface area contributed by atoms with Gasteiger partial charge in [0.1, 0.15) is 11.6 Å². The number of rotatable bonds is 1. The third-order valence-electron chi connectivity index (χ3n) is 2.21. The van der Waals surface area contributed by atoms with Crippen molar-refractivity contribution in [3.05, 3.63) is 52.5 Å². The smallest absolute Gasteiger partial charge is 0.131 e. The van der Waals surface area contributed by atoms with Gasteiger partial charge >= 0.3 is 0 Å². The zero-order chi connectivity index (χ0) is 11.7. The van der Waals surface area contributed by atoms with Crippen LogP contribution in [0.25, 0.3) is 11.1 Å². The summed E-state index contributed by atoms with van der Waals surface area (Å²) in [5, 5.41) is 0. The molecule has 1 nitrogen and oxygen atoms in total. The second-order valence-electron chi connectivity index (χ2n) is 3.36. The lowest BCUT2D eigenvalue weighted by atomic mass is 10.0. The van der Waals surface area contributed by atoms with Crippen molar-refractivity contribution in [1.29, 1.82) is 0 Å². The van der Waals surface area contributed by atoms with E-state index >= 15 is 0 Å². The average molecular weight is 284 g/mol. The summed E-state index contributed by atoms with van der Waals surface area (Å²) < 4.78 is 27.8. The molecule has 2 N–H and O–H groups in total. The van der Waals surface area contributed by atoms with E-state index in [2.05, 4.69) is 15.9 Å². The van der Waals surface area contributed by atoms with E-state index in [0.29, 0.717) is 10.2 Å². The van der Waals surface area contributed by atoms with E-state index in [0.717, 1.165) is 0 Å². The molecule has 0 saturated heterocycles. The van der Waals surface area contributed by atoms with Crippen molar-refractivity contribution in [3.63, 3.8) is 0 Å². The number of halogens is 3. The lowest BCUT2D eigenvalue weighted by molar-refractivity contribution is 0.616. The standard InChI is InChI=1S/C12H8BrF2N/c13-7-1-3-11(14)9(5-7)10-6-8(16)2-4-12(10)15/h1-6H,16H2. The maximum atomic E-state index is 13.5. The first-order chi connectivity index (χ1) is 7.58. The zero-order valence-electron chi connectivity index (χ0n) is 8.18. The Morgan fingerprint density at radius 1 is 0.875 bits per heavy atom. The highest BCUT2D eigenvalue weighted by Gasteiger charge is 2.10. The Balaban J connectivity index is 2.66. The minimum absolute atomic E-state index is 0.166. The summed E-state index contributed by atoms with van der Waals surface area (Å²) in [4.78, 5) is 0. The van der Waals surface area contributed by atoms with Gasteiger partial charge in [0.05, 0.1) is 0 Å². The lowest BCUT2D eigenvalue weighted by Gasteiger charge is -2.06. The van der Waals surface area contributed by atoms with Crippen LogP contribution in [-0.2, 0) is 0 Å². The molecule has 0 saturated carbocycles. The molecule has 0 amide bonds. The Hall–Kier alpha value is -1.42. The summed E-state index contributed by atoms with van der Waals surface area (Å²) in [5.74, 6) is -0.973. The number of nitrogens with two attached hydrogens (primary N) is 1. The summed E-state index contributed by atoms with van der Waals surface area (Å²) in [5.41, 5.74) is 6.31. The molecule has 0 fully saturated rings. The molecule has 2 aromatic carbocycles. The number of anilines is 1. The molecular weight excluding hydrogens is 276 g/mol. The highest BCUT2D eigenvalue weighted by molar-refractivity contribution is 9.10. The number of hydrogen-bond acceptors (Lipinski definition) is 1. The van der Waals surface area contributed by atoms with Crippen molar-refractivity contribution in [1.82, 2.24) is 0 Å². The average Bonchev–Trinajstić information content (AvgIpc) is 2.25.